The van der Waals surface area contributed by atoms with Gasteiger partial charge in [-0.2, -0.15) is 4.31 Å². The van der Waals surface area contributed by atoms with Crippen LogP contribution in [-0.2, 0) is 19.6 Å². The number of hydrogen-bond donors (Lipinski definition) is 1. The molecule has 1 fully saturated rings. The summed E-state index contributed by atoms with van der Waals surface area (Å²) in [5, 5.41) is 12.7. The third kappa shape index (κ3) is 5.27. The van der Waals surface area contributed by atoms with Gasteiger partial charge in [-0.1, -0.05) is 17.7 Å². The molecule has 1 aromatic carbocycles. The second-order valence-corrected chi connectivity index (χ2v) is 11.8. The molecule has 1 aliphatic heterocycles. The summed E-state index contributed by atoms with van der Waals surface area (Å²) in [6.45, 7) is 0.0566. The highest BCUT2D eigenvalue weighted by Gasteiger charge is 2.39. The van der Waals surface area contributed by atoms with E-state index in [-0.39, 0.29) is 36.5 Å². The quantitative estimate of drug-likeness (QED) is 0.511. The SMILES string of the molecule is O=C([O-])CC1CN(S(=O)(=O)c2cc3cc(Cl)ccc3[nH]2)CCN1C(=O)C1CC=C(c2ccncc2)CC1. The minimum Gasteiger partial charge on any atom is -0.550 e. The van der Waals surface area contributed by atoms with Crippen LogP contribution in [0.3, 0.4) is 0 Å². The Morgan fingerprint density at radius 2 is 1.92 bits per heavy atom. The molecule has 1 N–H and O–H groups in total. The van der Waals surface area contributed by atoms with Crippen molar-refractivity contribution in [1.29, 1.82) is 0 Å². The molecule has 1 amide bonds. The number of hydrogen-bond acceptors (Lipinski definition) is 6. The Bertz CT molecular complexity index is 1470. The number of fused-ring (bicyclic) bond motifs is 1. The maximum Gasteiger partial charge on any atom is 0.258 e. The normalized spacial score (nSPS) is 21.1. The van der Waals surface area contributed by atoms with Crippen LogP contribution in [0, 0.1) is 5.92 Å². The van der Waals surface area contributed by atoms with Crippen molar-refractivity contribution in [1.82, 2.24) is 19.2 Å². The van der Waals surface area contributed by atoms with Gasteiger partial charge in [0.05, 0.1) is 6.04 Å². The molecule has 9 nitrogen and oxygen atoms in total. The molecule has 0 spiro atoms. The molecule has 2 aromatic heterocycles. The lowest BCUT2D eigenvalue weighted by atomic mass is 9.85. The topological polar surface area (TPSA) is 126 Å². The number of allylic oxidation sites excluding steroid dienone is 2. The summed E-state index contributed by atoms with van der Waals surface area (Å²) in [6.07, 6.45) is 6.99. The zero-order chi connectivity index (χ0) is 26.2. The first-order valence-electron chi connectivity index (χ1n) is 12.1. The number of halogens is 1. The number of carboxylic acids is 1. The number of nitrogens with one attached hydrogen (secondary N) is 1. The number of pyridine rings is 1. The van der Waals surface area contributed by atoms with Gasteiger partial charge in [0, 0.05) is 66.3 Å². The van der Waals surface area contributed by atoms with Gasteiger partial charge in [0.2, 0.25) is 5.91 Å². The summed E-state index contributed by atoms with van der Waals surface area (Å²) >= 11 is 6.03. The summed E-state index contributed by atoms with van der Waals surface area (Å²) < 4.78 is 28.0. The Balaban J connectivity index is 1.32. The van der Waals surface area contributed by atoms with Gasteiger partial charge in [-0.05, 0) is 66.8 Å². The Morgan fingerprint density at radius 1 is 1.14 bits per heavy atom. The van der Waals surface area contributed by atoms with E-state index in [9.17, 15) is 23.1 Å². The number of amides is 1. The molecule has 194 valence electrons. The molecule has 5 rings (SSSR count). The van der Waals surface area contributed by atoms with Gasteiger partial charge in [-0.25, -0.2) is 8.42 Å². The van der Waals surface area contributed by atoms with Gasteiger partial charge in [-0.15, -0.1) is 0 Å². The van der Waals surface area contributed by atoms with Crippen molar-refractivity contribution >= 4 is 50.0 Å². The van der Waals surface area contributed by atoms with Crippen molar-refractivity contribution in [2.24, 2.45) is 5.92 Å². The number of aromatic amines is 1. The third-order valence-corrected chi connectivity index (χ3v) is 9.14. The van der Waals surface area contributed by atoms with Crippen LogP contribution < -0.4 is 5.11 Å². The molecule has 3 aromatic rings. The Hall–Kier alpha value is -3.21. The van der Waals surface area contributed by atoms with Crippen LogP contribution in [0.4, 0.5) is 0 Å². The van der Waals surface area contributed by atoms with Crippen LogP contribution >= 0.6 is 11.6 Å². The average Bonchev–Trinajstić information content (AvgIpc) is 3.33. The number of aliphatic carboxylic acids is 1. The Morgan fingerprint density at radius 3 is 2.62 bits per heavy atom. The predicted octanol–water partition coefficient (Wildman–Crippen LogP) is 2.44. The Kier molecular flexibility index (Phi) is 7.06. The van der Waals surface area contributed by atoms with Gasteiger partial charge in [0.15, 0.2) is 0 Å². The molecular weight excluding hydrogens is 516 g/mol. The lowest BCUT2D eigenvalue weighted by Gasteiger charge is -2.42. The molecule has 2 aliphatic rings. The monoisotopic (exact) mass is 541 g/mol. The second kappa shape index (κ2) is 10.3. The van der Waals surface area contributed by atoms with Gasteiger partial charge in [0.1, 0.15) is 5.03 Å². The summed E-state index contributed by atoms with van der Waals surface area (Å²) in [5.74, 6) is -1.75. The number of sulfonamides is 1. The van der Waals surface area contributed by atoms with Crippen molar-refractivity contribution in [3.63, 3.8) is 0 Å². The van der Waals surface area contributed by atoms with E-state index in [2.05, 4.69) is 16.0 Å². The van der Waals surface area contributed by atoms with Crippen LogP contribution in [0.1, 0.15) is 31.2 Å². The van der Waals surface area contributed by atoms with Crippen LogP contribution in [0.2, 0.25) is 5.02 Å². The molecular formula is C26H26ClN4O5S-. The van der Waals surface area contributed by atoms with Crippen molar-refractivity contribution in [3.05, 3.63) is 65.5 Å². The van der Waals surface area contributed by atoms with E-state index < -0.39 is 28.5 Å². The number of carbonyl (C=O) groups excluding carboxylic acids is 2. The number of benzene rings is 1. The number of piperazine rings is 1. The van der Waals surface area contributed by atoms with Crippen LogP contribution in [0.15, 0.2) is 59.9 Å². The van der Waals surface area contributed by atoms with E-state index in [1.54, 1.807) is 30.6 Å². The molecule has 1 aliphatic carbocycles. The first-order valence-corrected chi connectivity index (χ1v) is 13.9. The fourth-order valence-corrected chi connectivity index (χ4v) is 6.84. The standard InChI is InChI=1S/C26H27ClN4O5S/c27-21-5-6-23-20(13-21)14-24(29-23)37(35,36)30-11-12-31(22(16-30)15-25(32)33)26(34)19-3-1-17(2-4-19)18-7-9-28-10-8-18/h1,5-10,13-14,19,22,29H,2-4,11-12,15-16H2,(H,32,33)/p-1. The van der Waals surface area contributed by atoms with E-state index in [1.165, 1.54) is 15.3 Å². The Labute approximate surface area is 219 Å². The lowest BCUT2D eigenvalue weighted by molar-refractivity contribution is -0.306. The van der Waals surface area contributed by atoms with Crippen molar-refractivity contribution in [2.45, 2.75) is 36.8 Å². The second-order valence-electron chi connectivity index (χ2n) is 9.43. The van der Waals surface area contributed by atoms with Crippen LogP contribution in [0.5, 0.6) is 0 Å². The van der Waals surface area contributed by atoms with Crippen LogP contribution in [-0.4, -0.2) is 65.1 Å². The van der Waals surface area contributed by atoms with Crippen molar-refractivity contribution in [2.75, 3.05) is 19.6 Å². The number of H-pyrrole nitrogens is 1. The van der Waals surface area contributed by atoms with E-state index in [0.717, 1.165) is 17.6 Å². The molecule has 2 unspecified atom stereocenters. The van der Waals surface area contributed by atoms with Gasteiger partial charge < -0.3 is 19.8 Å². The minimum atomic E-state index is -3.95. The van der Waals surface area contributed by atoms with Gasteiger partial charge >= 0.3 is 0 Å². The zero-order valence-electron chi connectivity index (χ0n) is 20.0. The highest BCUT2D eigenvalue weighted by molar-refractivity contribution is 7.89. The van der Waals surface area contributed by atoms with E-state index in [4.69, 9.17) is 11.6 Å². The zero-order valence-corrected chi connectivity index (χ0v) is 21.5. The largest absolute Gasteiger partial charge is 0.550 e. The number of rotatable bonds is 6. The first kappa shape index (κ1) is 25.4. The number of nitrogens with zero attached hydrogens (tertiary/aromatic N) is 3. The van der Waals surface area contributed by atoms with Crippen molar-refractivity contribution < 1.29 is 23.1 Å². The van der Waals surface area contributed by atoms with Crippen molar-refractivity contribution in [3.8, 4) is 0 Å². The number of carboxylic acid groups (broad SMARTS) is 1. The third-order valence-electron chi connectivity index (χ3n) is 7.12. The molecule has 0 bridgehead atoms. The highest BCUT2D eigenvalue weighted by Crippen LogP contribution is 2.33. The first-order chi connectivity index (χ1) is 17.7. The number of aromatic nitrogens is 2. The average molecular weight is 542 g/mol. The maximum absolute atomic E-state index is 13.5. The van der Waals surface area contributed by atoms with Crippen LogP contribution in [0.25, 0.3) is 16.5 Å². The van der Waals surface area contributed by atoms with E-state index >= 15 is 0 Å². The summed E-state index contributed by atoms with van der Waals surface area (Å²) in [4.78, 5) is 33.5. The number of carbonyl (C=O) groups is 2. The minimum absolute atomic E-state index is 0.00203. The molecule has 0 radical (unpaired) electrons. The molecule has 1 saturated heterocycles. The molecule has 0 saturated carbocycles. The molecule has 37 heavy (non-hydrogen) atoms. The molecule has 2 atom stereocenters. The van der Waals surface area contributed by atoms with Gasteiger partial charge in [-0.3, -0.25) is 9.78 Å². The summed E-state index contributed by atoms with van der Waals surface area (Å²) in [7, 11) is -3.95. The fourth-order valence-electron chi connectivity index (χ4n) is 5.18. The van der Waals surface area contributed by atoms with E-state index in [1.807, 2.05) is 12.1 Å². The fraction of sp³-hybridized carbons (Fsp3) is 0.346. The lowest BCUT2D eigenvalue weighted by Crippen LogP contribution is -2.58. The van der Waals surface area contributed by atoms with E-state index in [0.29, 0.717) is 28.8 Å². The summed E-state index contributed by atoms with van der Waals surface area (Å²) in [5.41, 5.74) is 2.86. The summed E-state index contributed by atoms with van der Waals surface area (Å²) in [6, 6.07) is 9.60. The predicted molar refractivity (Wildman–Crippen MR) is 137 cm³/mol. The van der Waals surface area contributed by atoms with Gasteiger partial charge in [0.25, 0.3) is 10.0 Å². The smallest absolute Gasteiger partial charge is 0.258 e. The molecule has 11 heteroatoms. The highest BCUT2D eigenvalue weighted by atomic mass is 35.5. The maximum atomic E-state index is 13.5. The molecule has 3 heterocycles.